The Morgan fingerprint density at radius 3 is 1.72 bits per heavy atom. The van der Waals surface area contributed by atoms with Gasteiger partial charge in [-0.05, 0) is 20.8 Å². The third-order valence-corrected chi connectivity index (χ3v) is 6.11. The maximum Gasteiger partial charge on any atom is 0.537 e. The minimum absolute atomic E-state index is 0.542. The highest BCUT2D eigenvalue weighted by molar-refractivity contribution is 7.34. The predicted octanol–water partition coefficient (Wildman–Crippen LogP) is 1.32. The van der Waals surface area contributed by atoms with Crippen LogP contribution in [0.2, 0.25) is 0 Å². The smallest absolute Gasteiger partial charge is 0.370 e. The molecule has 1 rings (SSSR count). The Hall–Kier alpha value is -0.453. The maximum atomic E-state index is 10.9. The molecule has 0 amide bonds. The molecule has 0 aliphatic carbocycles. The number of benzene rings is 1. The van der Waals surface area contributed by atoms with Gasteiger partial charge in [-0.2, -0.15) is 0 Å². The van der Waals surface area contributed by atoms with E-state index in [4.69, 9.17) is 13.3 Å². The summed E-state index contributed by atoms with van der Waals surface area (Å²) in [5.74, 6) is 0. The molecule has 4 nitrogen and oxygen atoms in total. The lowest BCUT2D eigenvalue weighted by molar-refractivity contribution is 0.0859. The average molecular weight is 288 g/mol. The van der Waals surface area contributed by atoms with E-state index in [9.17, 15) is 4.57 Å². The summed E-state index contributed by atoms with van der Waals surface area (Å²) >= 11 is 0. The highest BCUT2D eigenvalue weighted by Gasteiger charge is 2.42. The first-order chi connectivity index (χ1) is 8.72. The Labute approximate surface area is 111 Å². The highest BCUT2D eigenvalue weighted by Crippen LogP contribution is 2.11. The topological polar surface area (TPSA) is 44.8 Å². The van der Waals surface area contributed by atoms with Gasteiger partial charge in [0.05, 0.1) is 8.46 Å². The molecule has 0 spiro atoms. The largest absolute Gasteiger partial charge is 0.537 e. The molecule has 102 valence electrons. The lowest BCUT2D eigenvalue weighted by Gasteiger charge is -2.28. The van der Waals surface area contributed by atoms with Crippen molar-refractivity contribution in [2.75, 3.05) is 19.8 Å². The van der Waals surface area contributed by atoms with Gasteiger partial charge in [0.1, 0.15) is 0 Å². The maximum absolute atomic E-state index is 10.9. The van der Waals surface area contributed by atoms with Crippen LogP contribution in [0.15, 0.2) is 24.3 Å². The van der Waals surface area contributed by atoms with Gasteiger partial charge in [0.2, 0.25) is 0 Å². The summed E-state index contributed by atoms with van der Waals surface area (Å²) in [6.07, 6.45) is 0. The number of hydrogen-bond donors (Lipinski definition) is 0. The van der Waals surface area contributed by atoms with E-state index in [-0.39, 0.29) is 0 Å². The monoisotopic (exact) mass is 288 g/mol. The van der Waals surface area contributed by atoms with Gasteiger partial charge < -0.3 is 17.8 Å². The molecular weight excluding hydrogens is 267 g/mol. The average Bonchev–Trinajstić information content (AvgIpc) is 2.39. The fourth-order valence-electron chi connectivity index (χ4n) is 1.71. The van der Waals surface area contributed by atoms with Crippen LogP contribution in [-0.2, 0) is 17.8 Å². The van der Waals surface area contributed by atoms with E-state index >= 15 is 0 Å². The van der Waals surface area contributed by atoms with E-state index in [0.29, 0.717) is 19.8 Å². The van der Waals surface area contributed by atoms with Crippen LogP contribution in [-0.4, -0.2) is 28.6 Å². The summed E-state index contributed by atoms with van der Waals surface area (Å²) in [7, 11) is -3.70. The van der Waals surface area contributed by atoms with Crippen LogP contribution in [0.5, 0.6) is 0 Å². The van der Waals surface area contributed by atoms with Crippen LogP contribution in [0.3, 0.4) is 0 Å². The van der Waals surface area contributed by atoms with Gasteiger partial charge in [-0.25, -0.2) is 0 Å². The Bertz CT molecular complexity index is 352. The molecule has 0 fully saturated rings. The second-order valence-electron chi connectivity index (χ2n) is 3.60. The van der Waals surface area contributed by atoms with E-state index in [1.54, 1.807) is 0 Å². The van der Waals surface area contributed by atoms with E-state index in [0.717, 1.165) is 10.5 Å². The number of hydrogen-bond acceptors (Lipinski definition) is 4. The minimum atomic E-state index is -2.80. The van der Waals surface area contributed by atoms with Crippen molar-refractivity contribution in [3.63, 3.8) is 0 Å². The van der Waals surface area contributed by atoms with Crippen LogP contribution in [0.1, 0.15) is 20.8 Å². The third kappa shape index (κ3) is 3.77. The van der Waals surface area contributed by atoms with Gasteiger partial charge in [-0.15, -0.1) is 0 Å². The first kappa shape index (κ1) is 15.6. The van der Waals surface area contributed by atoms with Crippen LogP contribution >= 0.6 is 8.46 Å². The van der Waals surface area contributed by atoms with Gasteiger partial charge in [0.25, 0.3) is 0 Å². The molecule has 0 N–H and O–H groups in total. The quantitative estimate of drug-likeness (QED) is 0.535. The fourth-order valence-corrected chi connectivity index (χ4v) is 4.53. The highest BCUT2D eigenvalue weighted by atomic mass is 31.1. The summed E-state index contributed by atoms with van der Waals surface area (Å²) in [5.41, 5.74) is 0. The SMILES string of the molecule is CCO[Si](OCC)(OCC)c1ccc([PH2]=O)cc1. The standard InChI is InChI=1S/C12H21O4PSi/c1-4-14-18(15-5-2,16-6-3)12-9-7-11(17-13)8-10-12/h7-10H,4-6,17H2,1-3H3. The summed E-state index contributed by atoms with van der Waals surface area (Å²) in [5, 5.41) is 1.76. The predicted molar refractivity (Wildman–Crippen MR) is 76.7 cm³/mol. The van der Waals surface area contributed by atoms with Crippen molar-refractivity contribution < 1.29 is 17.8 Å². The first-order valence-corrected chi connectivity index (χ1v) is 8.97. The lowest BCUT2D eigenvalue weighted by Crippen LogP contribution is -2.57. The third-order valence-electron chi connectivity index (χ3n) is 2.40. The number of rotatable bonds is 8. The molecule has 0 saturated carbocycles. The normalized spacial score (nSPS) is 12.4. The van der Waals surface area contributed by atoms with E-state index in [1.165, 1.54) is 0 Å². The zero-order valence-electron chi connectivity index (χ0n) is 11.1. The van der Waals surface area contributed by atoms with E-state index in [2.05, 4.69) is 0 Å². The zero-order chi connectivity index (χ0) is 13.4. The molecule has 0 aliphatic rings. The van der Waals surface area contributed by atoms with E-state index < -0.39 is 17.3 Å². The Kier molecular flexibility index (Phi) is 6.82. The van der Waals surface area contributed by atoms with Gasteiger partial charge in [-0.1, -0.05) is 24.3 Å². The summed E-state index contributed by atoms with van der Waals surface area (Å²) in [4.78, 5) is 0. The lowest BCUT2D eigenvalue weighted by atomic mass is 10.4. The van der Waals surface area contributed by atoms with Crippen LogP contribution in [0, 0.1) is 0 Å². The molecule has 18 heavy (non-hydrogen) atoms. The fraction of sp³-hybridized carbons (Fsp3) is 0.500. The molecular formula is C12H21O4PSi. The summed E-state index contributed by atoms with van der Waals surface area (Å²) < 4.78 is 28.2. The van der Waals surface area contributed by atoms with Crippen molar-refractivity contribution in [1.29, 1.82) is 0 Å². The van der Waals surface area contributed by atoms with Crippen molar-refractivity contribution >= 4 is 27.8 Å². The van der Waals surface area contributed by atoms with Crippen molar-refractivity contribution in [3.05, 3.63) is 24.3 Å². The van der Waals surface area contributed by atoms with Crippen LogP contribution in [0.25, 0.3) is 0 Å². The van der Waals surface area contributed by atoms with Crippen LogP contribution in [0.4, 0.5) is 0 Å². The molecule has 0 radical (unpaired) electrons. The molecule has 1 aromatic carbocycles. The van der Waals surface area contributed by atoms with Crippen molar-refractivity contribution in [2.24, 2.45) is 0 Å². The van der Waals surface area contributed by atoms with Crippen molar-refractivity contribution in [1.82, 2.24) is 0 Å². The molecule has 0 saturated heterocycles. The molecule has 6 heteroatoms. The van der Waals surface area contributed by atoms with Crippen molar-refractivity contribution in [3.8, 4) is 0 Å². The van der Waals surface area contributed by atoms with Gasteiger partial charge in [0, 0.05) is 30.3 Å². The first-order valence-electron chi connectivity index (χ1n) is 6.20. The van der Waals surface area contributed by atoms with Gasteiger partial charge in [0.15, 0.2) is 0 Å². The minimum Gasteiger partial charge on any atom is -0.370 e. The molecule has 1 unspecified atom stereocenters. The Morgan fingerprint density at radius 1 is 0.944 bits per heavy atom. The van der Waals surface area contributed by atoms with Gasteiger partial charge in [-0.3, -0.25) is 0 Å². The molecule has 1 atom stereocenters. The van der Waals surface area contributed by atoms with E-state index in [1.807, 2.05) is 45.0 Å². The van der Waals surface area contributed by atoms with Gasteiger partial charge >= 0.3 is 8.80 Å². The Balaban J connectivity index is 3.08. The second kappa shape index (κ2) is 7.87. The molecule has 0 aliphatic heterocycles. The molecule has 1 aromatic rings. The molecule has 0 bridgehead atoms. The van der Waals surface area contributed by atoms with Crippen molar-refractivity contribution in [2.45, 2.75) is 20.8 Å². The summed E-state index contributed by atoms with van der Waals surface area (Å²) in [6.45, 7) is 7.41. The summed E-state index contributed by atoms with van der Waals surface area (Å²) in [6, 6.07) is 7.48. The molecule has 0 heterocycles. The Morgan fingerprint density at radius 2 is 1.39 bits per heavy atom. The second-order valence-corrected chi connectivity index (χ2v) is 7.05. The van der Waals surface area contributed by atoms with Crippen LogP contribution < -0.4 is 10.5 Å². The zero-order valence-corrected chi connectivity index (χ0v) is 13.3. The molecule has 0 aromatic heterocycles.